The zero-order valence-electron chi connectivity index (χ0n) is 30.2. The largest absolute Gasteiger partial charge is 0.456 e. The van der Waals surface area contributed by atoms with Crippen LogP contribution in [0.25, 0.3) is 106 Å². The number of hydrogen-bond acceptors (Lipinski definition) is 4. The molecule has 0 radical (unpaired) electrons. The van der Waals surface area contributed by atoms with Gasteiger partial charge in [-0.2, -0.15) is 0 Å². The van der Waals surface area contributed by atoms with Crippen LogP contribution in [0.5, 0.6) is 0 Å². The van der Waals surface area contributed by atoms with Gasteiger partial charge in [0.25, 0.3) is 0 Å². The Morgan fingerprint density at radius 1 is 0.339 bits per heavy atom. The molecule has 0 aliphatic carbocycles. The van der Waals surface area contributed by atoms with Gasteiger partial charge in [-0.25, -0.2) is 15.0 Å². The summed E-state index contributed by atoms with van der Waals surface area (Å²) < 4.78 is 8.95. The molecule has 0 aliphatic heterocycles. The number of para-hydroxylation sites is 2. The van der Waals surface area contributed by atoms with Crippen molar-refractivity contribution in [3.63, 3.8) is 0 Å². The van der Waals surface area contributed by atoms with E-state index in [1.165, 1.54) is 27.4 Å². The maximum Gasteiger partial charge on any atom is 0.164 e. The minimum atomic E-state index is 0.587. The number of hydrogen-bond donors (Lipinski definition) is 0. The summed E-state index contributed by atoms with van der Waals surface area (Å²) in [4.78, 5) is 15.0. The molecule has 56 heavy (non-hydrogen) atoms. The van der Waals surface area contributed by atoms with E-state index < -0.39 is 0 Å². The minimum Gasteiger partial charge on any atom is -0.456 e. The fraction of sp³-hybridized carbons (Fsp3) is 0. The fourth-order valence-corrected chi connectivity index (χ4v) is 7.99. The Morgan fingerprint density at radius 2 is 0.893 bits per heavy atom. The predicted octanol–water partition coefficient (Wildman–Crippen LogP) is 13.2. The van der Waals surface area contributed by atoms with Crippen LogP contribution in [0.1, 0.15) is 0 Å². The van der Waals surface area contributed by atoms with E-state index in [-0.39, 0.29) is 0 Å². The van der Waals surface area contributed by atoms with Gasteiger partial charge in [-0.1, -0.05) is 146 Å². The molecule has 5 nitrogen and oxygen atoms in total. The van der Waals surface area contributed by atoms with Crippen molar-refractivity contribution in [2.45, 2.75) is 0 Å². The Hall–Kier alpha value is -7.63. The molecule has 0 amide bonds. The number of rotatable bonds is 6. The van der Waals surface area contributed by atoms with Gasteiger partial charge < -0.3 is 8.98 Å². The second-order valence-electron chi connectivity index (χ2n) is 14.0. The van der Waals surface area contributed by atoms with Crippen molar-refractivity contribution in [3.05, 3.63) is 194 Å². The van der Waals surface area contributed by atoms with Gasteiger partial charge in [0.15, 0.2) is 17.5 Å². The van der Waals surface area contributed by atoms with Crippen molar-refractivity contribution in [1.82, 2.24) is 19.5 Å². The molecule has 0 bridgehead atoms. The molecule has 0 fully saturated rings. The summed E-state index contributed by atoms with van der Waals surface area (Å²) in [5, 5.41) is 4.56. The highest BCUT2D eigenvalue weighted by atomic mass is 16.3. The van der Waals surface area contributed by atoms with Gasteiger partial charge in [-0.05, 0) is 70.8 Å². The first-order chi connectivity index (χ1) is 27.7. The number of furan rings is 1. The predicted molar refractivity (Wildman–Crippen MR) is 229 cm³/mol. The third-order valence-electron chi connectivity index (χ3n) is 10.7. The highest BCUT2D eigenvalue weighted by molar-refractivity contribution is 6.15. The van der Waals surface area contributed by atoms with Crippen molar-refractivity contribution in [1.29, 1.82) is 0 Å². The van der Waals surface area contributed by atoms with Crippen molar-refractivity contribution in [3.8, 4) is 62.1 Å². The summed E-state index contributed by atoms with van der Waals surface area (Å²) in [6.07, 6.45) is 0. The summed E-state index contributed by atoms with van der Waals surface area (Å²) >= 11 is 0. The Bertz CT molecular complexity index is 3220. The van der Waals surface area contributed by atoms with Crippen LogP contribution in [0.2, 0.25) is 0 Å². The van der Waals surface area contributed by atoms with Gasteiger partial charge in [-0.15, -0.1) is 0 Å². The Labute approximate surface area is 322 Å². The smallest absolute Gasteiger partial charge is 0.164 e. The number of nitrogens with zero attached hydrogens (tertiary/aromatic N) is 4. The first-order valence-electron chi connectivity index (χ1n) is 18.8. The molecule has 0 N–H and O–H groups in total. The fourth-order valence-electron chi connectivity index (χ4n) is 7.99. The Balaban J connectivity index is 1.03. The Morgan fingerprint density at radius 3 is 1.64 bits per heavy atom. The van der Waals surface area contributed by atoms with Crippen molar-refractivity contribution < 1.29 is 4.42 Å². The molecule has 0 atom stereocenters. The van der Waals surface area contributed by atoms with Crippen LogP contribution in [-0.2, 0) is 0 Å². The lowest BCUT2D eigenvalue weighted by Gasteiger charge is -2.09. The van der Waals surface area contributed by atoms with Gasteiger partial charge in [0.1, 0.15) is 11.2 Å². The average molecular weight is 717 g/mol. The summed E-state index contributed by atoms with van der Waals surface area (Å²) in [6.45, 7) is 0. The first kappa shape index (κ1) is 31.9. The molecule has 11 rings (SSSR count). The van der Waals surface area contributed by atoms with E-state index in [4.69, 9.17) is 19.4 Å². The molecule has 5 heteroatoms. The van der Waals surface area contributed by atoms with Gasteiger partial charge in [0.2, 0.25) is 0 Å². The lowest BCUT2D eigenvalue weighted by atomic mass is 9.97. The van der Waals surface area contributed by atoms with E-state index in [1.807, 2.05) is 42.5 Å². The maximum atomic E-state index is 6.61. The summed E-state index contributed by atoms with van der Waals surface area (Å²) in [7, 11) is 0. The van der Waals surface area contributed by atoms with Gasteiger partial charge in [0, 0.05) is 43.9 Å². The molecule has 0 aliphatic rings. The third kappa shape index (κ3) is 5.37. The quantitative estimate of drug-likeness (QED) is 0.172. The summed E-state index contributed by atoms with van der Waals surface area (Å²) in [5.74, 6) is 1.82. The first-order valence-corrected chi connectivity index (χ1v) is 18.8. The molecular formula is C51H32N4O. The van der Waals surface area contributed by atoms with E-state index in [9.17, 15) is 0 Å². The highest BCUT2D eigenvalue weighted by Crippen LogP contribution is 2.41. The standard InChI is InChI=1S/C51H32N4O/c1-4-13-33(14-5-1)34-23-25-36(26-24-34)50-52-49(35-15-6-2-7-16-35)53-51(54-50)38-27-29-42-47(32-38)56-46-22-12-20-40(48(42)46)37-28-30-45-43(31-37)41-19-10-11-21-44(41)55(45)39-17-8-3-9-18-39/h1-32H. The van der Waals surface area contributed by atoms with E-state index in [2.05, 4.69) is 156 Å². The van der Waals surface area contributed by atoms with E-state index in [1.54, 1.807) is 0 Å². The third-order valence-corrected chi connectivity index (χ3v) is 10.7. The Kier molecular flexibility index (Phi) is 7.42. The van der Waals surface area contributed by atoms with Gasteiger partial charge >= 0.3 is 0 Å². The van der Waals surface area contributed by atoms with Crippen LogP contribution >= 0.6 is 0 Å². The molecule has 0 unspecified atom stereocenters. The number of aromatic nitrogens is 4. The maximum absolute atomic E-state index is 6.61. The van der Waals surface area contributed by atoms with E-state index in [0.29, 0.717) is 17.5 Å². The van der Waals surface area contributed by atoms with Crippen LogP contribution in [0.3, 0.4) is 0 Å². The molecule has 8 aromatic carbocycles. The zero-order chi connectivity index (χ0) is 37.0. The second-order valence-corrected chi connectivity index (χ2v) is 14.0. The van der Waals surface area contributed by atoms with Gasteiger partial charge in [0.05, 0.1) is 11.0 Å². The van der Waals surface area contributed by atoms with Crippen LogP contribution in [-0.4, -0.2) is 19.5 Å². The molecule has 0 saturated heterocycles. The van der Waals surface area contributed by atoms with Crippen molar-refractivity contribution in [2.24, 2.45) is 0 Å². The van der Waals surface area contributed by atoms with Gasteiger partial charge in [-0.3, -0.25) is 0 Å². The van der Waals surface area contributed by atoms with Crippen molar-refractivity contribution in [2.75, 3.05) is 0 Å². The number of fused-ring (bicyclic) bond motifs is 6. The SMILES string of the molecule is c1ccc(-c2ccc(-c3nc(-c4ccccc4)nc(-c4ccc5c(c4)oc4cccc(-c6ccc7c(c6)c6ccccc6n7-c6ccccc6)c45)n3)cc2)cc1. The van der Waals surface area contributed by atoms with Crippen LogP contribution in [0, 0.1) is 0 Å². The molecular weight excluding hydrogens is 685 g/mol. The molecule has 3 aromatic heterocycles. The van der Waals surface area contributed by atoms with Crippen molar-refractivity contribution >= 4 is 43.7 Å². The normalized spacial score (nSPS) is 11.6. The molecule has 262 valence electrons. The zero-order valence-corrected chi connectivity index (χ0v) is 30.2. The van der Waals surface area contributed by atoms with Crippen LogP contribution < -0.4 is 0 Å². The number of benzene rings is 8. The van der Waals surface area contributed by atoms with E-state index in [0.717, 1.165) is 61.0 Å². The molecule has 3 heterocycles. The lowest BCUT2D eigenvalue weighted by Crippen LogP contribution is -2.00. The monoisotopic (exact) mass is 716 g/mol. The lowest BCUT2D eigenvalue weighted by molar-refractivity contribution is 0.669. The second kappa shape index (κ2) is 13.0. The topological polar surface area (TPSA) is 56.7 Å². The van der Waals surface area contributed by atoms with E-state index >= 15 is 0 Å². The van der Waals surface area contributed by atoms with Crippen LogP contribution in [0.15, 0.2) is 199 Å². The van der Waals surface area contributed by atoms with Crippen LogP contribution in [0.4, 0.5) is 0 Å². The summed E-state index contributed by atoms with van der Waals surface area (Å²) in [5.41, 5.74) is 12.4. The minimum absolute atomic E-state index is 0.587. The summed E-state index contributed by atoms with van der Waals surface area (Å²) in [6, 6.07) is 67.4. The molecule has 0 spiro atoms. The molecule has 11 aromatic rings. The average Bonchev–Trinajstić information content (AvgIpc) is 3.82. The molecule has 0 saturated carbocycles. The highest BCUT2D eigenvalue weighted by Gasteiger charge is 2.18.